The number of anilines is 1. The maximum absolute atomic E-state index is 12.3. The Kier molecular flexibility index (Phi) is 5.97. The number of rotatable bonds is 7. The van der Waals surface area contributed by atoms with Crippen molar-refractivity contribution in [2.45, 2.75) is 52.1 Å². The standard InChI is InChI=1S/C26H28N2O5/c1-15(2)17(4)32-25(31)27-22-16(3)28-33-23(22)20-7-5-18(6-8-20)19-9-11-21(12-10-19)26(13-14-26)24(29)30/h5-12,15,17H,13-14H2,1-4H3,(H,27,31)(H,29,30). The van der Waals surface area contributed by atoms with Crippen LogP contribution in [0, 0.1) is 12.8 Å². The van der Waals surface area contributed by atoms with E-state index in [0.717, 1.165) is 22.3 Å². The number of carbonyl (C=O) groups excluding carboxylic acids is 1. The van der Waals surface area contributed by atoms with Gasteiger partial charge in [-0.15, -0.1) is 0 Å². The molecule has 1 fully saturated rings. The highest BCUT2D eigenvalue weighted by Gasteiger charge is 2.51. The first kappa shape index (κ1) is 22.6. The van der Waals surface area contributed by atoms with E-state index in [4.69, 9.17) is 9.26 Å². The molecule has 172 valence electrons. The second-order valence-electron chi connectivity index (χ2n) is 8.99. The number of aryl methyl sites for hydroxylation is 1. The smallest absolute Gasteiger partial charge is 0.412 e. The molecule has 7 heteroatoms. The lowest BCUT2D eigenvalue weighted by atomic mass is 9.93. The Morgan fingerprint density at radius 3 is 2.06 bits per heavy atom. The van der Waals surface area contributed by atoms with Crippen LogP contribution in [0.15, 0.2) is 53.1 Å². The minimum Gasteiger partial charge on any atom is -0.481 e. The van der Waals surface area contributed by atoms with Crippen molar-refractivity contribution in [1.29, 1.82) is 0 Å². The fourth-order valence-corrected chi connectivity index (χ4v) is 3.70. The van der Waals surface area contributed by atoms with Crippen molar-refractivity contribution in [2.24, 2.45) is 5.92 Å². The van der Waals surface area contributed by atoms with Gasteiger partial charge in [0.05, 0.1) is 5.41 Å². The number of benzene rings is 2. The summed E-state index contributed by atoms with van der Waals surface area (Å²) in [5.74, 6) is -0.0890. The Morgan fingerprint density at radius 1 is 1.00 bits per heavy atom. The molecule has 1 unspecified atom stereocenters. The average Bonchev–Trinajstić information content (AvgIpc) is 3.54. The zero-order valence-corrected chi connectivity index (χ0v) is 19.2. The van der Waals surface area contributed by atoms with E-state index in [2.05, 4.69) is 10.5 Å². The van der Waals surface area contributed by atoms with E-state index in [1.54, 1.807) is 6.92 Å². The molecule has 7 nitrogen and oxygen atoms in total. The summed E-state index contributed by atoms with van der Waals surface area (Å²) in [7, 11) is 0. The number of carbonyl (C=O) groups is 2. The lowest BCUT2D eigenvalue weighted by molar-refractivity contribution is -0.140. The molecule has 0 bridgehead atoms. The van der Waals surface area contributed by atoms with Gasteiger partial charge in [-0.25, -0.2) is 4.79 Å². The monoisotopic (exact) mass is 448 g/mol. The van der Waals surface area contributed by atoms with Crippen molar-refractivity contribution in [1.82, 2.24) is 5.16 Å². The molecule has 1 saturated carbocycles. The summed E-state index contributed by atoms with van der Waals surface area (Å²) in [6.45, 7) is 7.58. The predicted molar refractivity (Wildman–Crippen MR) is 125 cm³/mol. The van der Waals surface area contributed by atoms with E-state index in [1.165, 1.54) is 0 Å². The molecule has 2 N–H and O–H groups in total. The lowest BCUT2D eigenvalue weighted by Gasteiger charge is -2.16. The quantitative estimate of drug-likeness (QED) is 0.458. The number of aromatic nitrogens is 1. The summed E-state index contributed by atoms with van der Waals surface area (Å²) in [4.78, 5) is 23.8. The van der Waals surface area contributed by atoms with Gasteiger partial charge in [0, 0.05) is 5.56 Å². The van der Waals surface area contributed by atoms with Gasteiger partial charge in [-0.1, -0.05) is 67.5 Å². The van der Waals surface area contributed by atoms with Crippen LogP contribution < -0.4 is 5.32 Å². The number of hydrogen-bond acceptors (Lipinski definition) is 5. The highest BCUT2D eigenvalue weighted by Crippen LogP contribution is 2.48. The molecule has 3 aromatic rings. The van der Waals surface area contributed by atoms with Gasteiger partial charge in [0.25, 0.3) is 0 Å². The molecule has 1 aromatic heterocycles. The Hall–Kier alpha value is -3.61. The molecule has 1 aliphatic carbocycles. The second kappa shape index (κ2) is 8.73. The van der Waals surface area contributed by atoms with Crippen molar-refractivity contribution in [3.63, 3.8) is 0 Å². The van der Waals surface area contributed by atoms with E-state index in [1.807, 2.05) is 69.3 Å². The molecule has 0 spiro atoms. The minimum atomic E-state index is -0.756. The number of nitrogens with one attached hydrogen (secondary N) is 1. The van der Waals surface area contributed by atoms with Crippen molar-refractivity contribution in [3.05, 3.63) is 59.8 Å². The van der Waals surface area contributed by atoms with Crippen LogP contribution in [-0.2, 0) is 14.9 Å². The van der Waals surface area contributed by atoms with Gasteiger partial charge in [0.1, 0.15) is 17.5 Å². The maximum atomic E-state index is 12.3. The first-order valence-corrected chi connectivity index (χ1v) is 11.1. The van der Waals surface area contributed by atoms with Crippen LogP contribution in [0.4, 0.5) is 10.5 Å². The number of nitrogens with zero attached hydrogens (tertiary/aromatic N) is 1. The van der Waals surface area contributed by atoms with Crippen molar-refractivity contribution >= 4 is 17.7 Å². The zero-order chi connectivity index (χ0) is 23.8. The van der Waals surface area contributed by atoms with Gasteiger partial charge in [-0.3, -0.25) is 10.1 Å². The first-order chi connectivity index (χ1) is 15.7. The molecule has 2 aromatic carbocycles. The number of ether oxygens (including phenoxy) is 1. The zero-order valence-electron chi connectivity index (χ0n) is 19.2. The van der Waals surface area contributed by atoms with Gasteiger partial charge in [0.2, 0.25) is 0 Å². The highest BCUT2D eigenvalue weighted by molar-refractivity contribution is 5.91. The molecule has 0 aliphatic heterocycles. The van der Waals surface area contributed by atoms with E-state index < -0.39 is 17.5 Å². The molecule has 0 saturated heterocycles. The summed E-state index contributed by atoms with van der Waals surface area (Å²) < 4.78 is 10.9. The molecule has 1 aliphatic rings. The van der Waals surface area contributed by atoms with E-state index in [-0.39, 0.29) is 12.0 Å². The Balaban J connectivity index is 1.51. The van der Waals surface area contributed by atoms with Crippen molar-refractivity contribution in [3.8, 4) is 22.5 Å². The lowest BCUT2D eigenvalue weighted by Crippen LogP contribution is -2.24. The van der Waals surface area contributed by atoms with Gasteiger partial charge < -0.3 is 14.4 Å². The summed E-state index contributed by atoms with van der Waals surface area (Å²) in [5, 5.41) is 16.2. The first-order valence-electron chi connectivity index (χ1n) is 11.1. The van der Waals surface area contributed by atoms with Gasteiger partial charge in [0.15, 0.2) is 5.76 Å². The Bertz CT molecular complexity index is 1160. The number of amides is 1. The van der Waals surface area contributed by atoms with Crippen molar-refractivity contribution in [2.75, 3.05) is 5.32 Å². The molecule has 1 amide bonds. The van der Waals surface area contributed by atoms with Crippen LogP contribution in [0.5, 0.6) is 0 Å². The third-order valence-electron chi connectivity index (χ3n) is 6.40. The van der Waals surface area contributed by atoms with E-state index in [9.17, 15) is 14.7 Å². The van der Waals surface area contributed by atoms with Gasteiger partial charge in [-0.2, -0.15) is 0 Å². The van der Waals surface area contributed by atoms with Crippen molar-refractivity contribution < 1.29 is 24.0 Å². The summed E-state index contributed by atoms with van der Waals surface area (Å²) >= 11 is 0. The average molecular weight is 449 g/mol. The predicted octanol–water partition coefficient (Wildman–Crippen LogP) is 6.03. The molecular formula is C26H28N2O5. The molecule has 0 radical (unpaired) electrons. The van der Waals surface area contributed by atoms with Crippen LogP contribution in [0.3, 0.4) is 0 Å². The normalized spacial score (nSPS) is 15.2. The molecule has 1 heterocycles. The Labute approximate surface area is 192 Å². The SMILES string of the molecule is Cc1noc(-c2ccc(-c3ccc(C4(C(=O)O)CC4)cc3)cc2)c1NC(=O)OC(C)C(C)C. The number of aliphatic carboxylic acids is 1. The summed E-state index contributed by atoms with van der Waals surface area (Å²) in [6.07, 6.45) is 0.611. The third-order valence-corrected chi connectivity index (χ3v) is 6.40. The summed E-state index contributed by atoms with van der Waals surface area (Å²) in [6, 6.07) is 15.4. The second-order valence-corrected chi connectivity index (χ2v) is 8.99. The van der Waals surface area contributed by atoms with E-state index in [0.29, 0.717) is 30.0 Å². The van der Waals surface area contributed by atoms with Gasteiger partial charge in [-0.05, 0) is 49.3 Å². The van der Waals surface area contributed by atoms with E-state index >= 15 is 0 Å². The number of hydrogen-bond donors (Lipinski definition) is 2. The maximum Gasteiger partial charge on any atom is 0.412 e. The summed E-state index contributed by atoms with van der Waals surface area (Å²) in [5.41, 5.74) is 3.94. The fourth-order valence-electron chi connectivity index (χ4n) is 3.70. The highest BCUT2D eigenvalue weighted by atomic mass is 16.6. The largest absolute Gasteiger partial charge is 0.481 e. The van der Waals surface area contributed by atoms with Crippen LogP contribution >= 0.6 is 0 Å². The van der Waals surface area contributed by atoms with Crippen LogP contribution in [0.1, 0.15) is 44.9 Å². The van der Waals surface area contributed by atoms with Gasteiger partial charge >= 0.3 is 12.1 Å². The van der Waals surface area contributed by atoms with Crippen LogP contribution in [-0.4, -0.2) is 28.4 Å². The minimum absolute atomic E-state index is 0.208. The number of carboxylic acid groups (broad SMARTS) is 1. The third kappa shape index (κ3) is 4.49. The number of carboxylic acids is 1. The Morgan fingerprint density at radius 2 is 1.55 bits per heavy atom. The fraction of sp³-hybridized carbons (Fsp3) is 0.346. The molecule has 4 rings (SSSR count). The molecule has 33 heavy (non-hydrogen) atoms. The van der Waals surface area contributed by atoms with Crippen LogP contribution in [0.2, 0.25) is 0 Å². The molecule has 1 atom stereocenters. The molecular weight excluding hydrogens is 420 g/mol. The topological polar surface area (TPSA) is 102 Å². The van der Waals surface area contributed by atoms with Crippen LogP contribution in [0.25, 0.3) is 22.5 Å².